The molecule has 0 aliphatic rings. The second-order valence-corrected chi connectivity index (χ2v) is 7.69. The molecule has 1 unspecified atom stereocenters. The zero-order chi connectivity index (χ0) is 6.62. The summed E-state index contributed by atoms with van der Waals surface area (Å²) in [5, 5.41) is 0. The highest BCUT2D eigenvalue weighted by atomic mass is 32.9. The van der Waals surface area contributed by atoms with E-state index < -0.39 is 5.47 Å². The van der Waals surface area contributed by atoms with Gasteiger partial charge in [-0.15, -0.1) is 0 Å². The van der Waals surface area contributed by atoms with Gasteiger partial charge in [0.1, 0.15) is 0 Å². The molecule has 0 heterocycles. The van der Waals surface area contributed by atoms with Gasteiger partial charge in [-0.05, 0) is 13.1 Å². The van der Waals surface area contributed by atoms with Gasteiger partial charge in [-0.25, -0.2) is 0 Å². The lowest BCUT2D eigenvalue weighted by Gasteiger charge is -2.25. The van der Waals surface area contributed by atoms with E-state index in [1.54, 1.807) is 0 Å². The summed E-state index contributed by atoms with van der Waals surface area (Å²) in [5.41, 5.74) is -1.76. The summed E-state index contributed by atoms with van der Waals surface area (Å²) >= 11 is 9.89. The molecule has 4 heteroatoms. The van der Waals surface area contributed by atoms with Gasteiger partial charge in [0.05, 0.1) is 0 Å². The predicted molar refractivity (Wildman–Crippen MR) is 43.8 cm³/mol. The third-order valence-electron chi connectivity index (χ3n) is 0.713. The predicted octanol–water partition coefficient (Wildman–Crippen LogP) is 1.90. The van der Waals surface area contributed by atoms with Crippen LogP contribution in [0.2, 0.25) is 0 Å². The highest BCUT2D eigenvalue weighted by Gasteiger charge is 1.92. The first-order chi connectivity index (χ1) is 3.62. The van der Waals surface area contributed by atoms with Crippen molar-refractivity contribution in [3.63, 3.8) is 0 Å². The van der Waals surface area contributed by atoms with Crippen LogP contribution in [0.25, 0.3) is 0 Å². The van der Waals surface area contributed by atoms with Gasteiger partial charge in [0.2, 0.25) is 0 Å². The van der Waals surface area contributed by atoms with Crippen molar-refractivity contribution >= 4 is 29.5 Å². The maximum absolute atomic E-state index is 5.12. The molecule has 0 aromatic rings. The van der Waals surface area contributed by atoms with Crippen molar-refractivity contribution < 1.29 is 4.52 Å². The number of hydrogen-bond donors (Lipinski definition) is 0. The van der Waals surface area contributed by atoms with Crippen LogP contribution in [0, 0.1) is 0 Å². The van der Waals surface area contributed by atoms with Crippen LogP contribution in [0.1, 0.15) is 13.8 Å². The van der Waals surface area contributed by atoms with E-state index in [1.165, 1.54) is 0 Å². The molecule has 0 saturated heterocycles. The van der Waals surface area contributed by atoms with Crippen LogP contribution in [0.3, 0.4) is 0 Å². The second-order valence-electron chi connectivity index (χ2n) is 1.34. The summed E-state index contributed by atoms with van der Waals surface area (Å²) in [6.45, 7) is 4.56. The normalized spacial score (nSPS) is 17.9. The Bertz CT molecular complexity index is 104. The Balaban J connectivity index is 3.55. The van der Waals surface area contributed by atoms with Crippen LogP contribution in [0.4, 0.5) is 0 Å². The largest absolute Gasteiger partial charge is 0.719 e. The Morgan fingerprint density at radius 2 is 2.12 bits per heavy atom. The van der Waals surface area contributed by atoms with Crippen LogP contribution in [-0.2, 0) is 28.6 Å². The molecule has 0 aromatic carbocycles. The van der Waals surface area contributed by atoms with E-state index in [4.69, 9.17) is 28.6 Å². The molecule has 0 bridgehead atoms. The van der Waals surface area contributed by atoms with Crippen molar-refractivity contribution in [1.29, 1.82) is 0 Å². The number of rotatable bonds is 3. The lowest BCUT2D eigenvalue weighted by atomic mass is 10.9. The van der Waals surface area contributed by atoms with Crippen molar-refractivity contribution in [2.24, 2.45) is 0 Å². The van der Waals surface area contributed by atoms with Crippen molar-refractivity contribution in [2.45, 2.75) is 13.8 Å². The standard InChI is InChI=1S/C4H11OPS2/c1-3-5-6(7,8)4-2/h3-4H2,1-2H3,(H,7,8)/p-1. The first kappa shape index (κ1) is 8.96. The Labute approximate surface area is 61.1 Å². The lowest BCUT2D eigenvalue weighted by Crippen LogP contribution is -1.86. The molecule has 0 aliphatic heterocycles. The first-order valence-electron chi connectivity index (χ1n) is 2.57. The molecule has 0 aliphatic carbocycles. The highest BCUT2D eigenvalue weighted by Crippen LogP contribution is 2.43. The Kier molecular flexibility index (Phi) is 4.35. The molecule has 0 aromatic heterocycles. The van der Waals surface area contributed by atoms with Crippen LogP contribution in [0.5, 0.6) is 0 Å². The van der Waals surface area contributed by atoms with E-state index in [2.05, 4.69) is 0 Å². The molecule has 0 radical (unpaired) electrons. The summed E-state index contributed by atoms with van der Waals surface area (Å²) in [4.78, 5) is 0. The topological polar surface area (TPSA) is 9.23 Å². The van der Waals surface area contributed by atoms with Gasteiger partial charge in [-0.1, -0.05) is 24.2 Å². The molecule has 8 heavy (non-hydrogen) atoms. The van der Waals surface area contributed by atoms with Gasteiger partial charge in [-0.3, -0.25) is 0 Å². The summed E-state index contributed by atoms with van der Waals surface area (Å²) in [6.07, 6.45) is 0.825. The fourth-order valence-corrected chi connectivity index (χ4v) is 1.50. The van der Waals surface area contributed by atoms with E-state index in [9.17, 15) is 0 Å². The summed E-state index contributed by atoms with van der Waals surface area (Å²) in [5.74, 6) is 0. The third kappa shape index (κ3) is 3.90. The second kappa shape index (κ2) is 3.89. The zero-order valence-corrected chi connectivity index (χ0v) is 7.61. The monoisotopic (exact) mass is 169 g/mol. The lowest BCUT2D eigenvalue weighted by molar-refractivity contribution is 0.385. The van der Waals surface area contributed by atoms with Gasteiger partial charge in [0.25, 0.3) is 0 Å². The molecular formula is C4H10OPS2-. The quantitative estimate of drug-likeness (QED) is 0.471. The zero-order valence-electron chi connectivity index (χ0n) is 5.09. The Hall–Kier alpha value is 0.960. The minimum Gasteiger partial charge on any atom is -0.719 e. The maximum Gasteiger partial charge on any atom is 0.0465 e. The number of hydrogen-bond acceptors (Lipinski definition) is 3. The summed E-state index contributed by atoms with van der Waals surface area (Å²) in [7, 11) is 0. The molecule has 0 saturated carbocycles. The fourth-order valence-electron chi connectivity index (χ4n) is 0.288. The van der Waals surface area contributed by atoms with Crippen molar-refractivity contribution in [1.82, 2.24) is 0 Å². The van der Waals surface area contributed by atoms with Crippen molar-refractivity contribution in [2.75, 3.05) is 12.8 Å². The smallest absolute Gasteiger partial charge is 0.0465 e. The van der Waals surface area contributed by atoms with Crippen molar-refractivity contribution in [3.8, 4) is 0 Å². The van der Waals surface area contributed by atoms with E-state index in [-0.39, 0.29) is 0 Å². The minimum atomic E-state index is -1.76. The van der Waals surface area contributed by atoms with Crippen LogP contribution in [0.15, 0.2) is 0 Å². The average molecular weight is 169 g/mol. The van der Waals surface area contributed by atoms with E-state index >= 15 is 0 Å². The van der Waals surface area contributed by atoms with E-state index in [1.807, 2.05) is 13.8 Å². The minimum absolute atomic E-state index is 0.661. The molecule has 0 rings (SSSR count). The molecule has 0 fully saturated rings. The van der Waals surface area contributed by atoms with Gasteiger partial charge in [0, 0.05) is 6.61 Å². The molecule has 0 spiro atoms. The van der Waals surface area contributed by atoms with Gasteiger partial charge < -0.3 is 16.8 Å². The van der Waals surface area contributed by atoms with Gasteiger partial charge >= 0.3 is 0 Å². The SMILES string of the molecule is CCOP(=S)([S-])CC. The molecule has 1 nitrogen and oxygen atoms in total. The Morgan fingerprint density at radius 3 is 2.25 bits per heavy atom. The average Bonchev–Trinajstić information content (AvgIpc) is 1.67. The van der Waals surface area contributed by atoms with E-state index in [0.29, 0.717) is 6.61 Å². The van der Waals surface area contributed by atoms with Crippen LogP contribution < -0.4 is 0 Å². The molecular weight excluding hydrogens is 159 g/mol. The van der Waals surface area contributed by atoms with Crippen LogP contribution >= 0.6 is 5.47 Å². The Morgan fingerprint density at radius 1 is 1.62 bits per heavy atom. The van der Waals surface area contributed by atoms with Gasteiger partial charge in [0.15, 0.2) is 0 Å². The van der Waals surface area contributed by atoms with Crippen molar-refractivity contribution in [3.05, 3.63) is 0 Å². The third-order valence-corrected chi connectivity index (χ3v) is 4.32. The first-order valence-corrected chi connectivity index (χ1v) is 6.49. The maximum atomic E-state index is 5.12. The molecule has 1 atom stereocenters. The van der Waals surface area contributed by atoms with Crippen LogP contribution in [-0.4, -0.2) is 12.8 Å². The van der Waals surface area contributed by atoms with Gasteiger partial charge in [-0.2, -0.15) is 0 Å². The summed E-state index contributed by atoms with van der Waals surface area (Å²) < 4.78 is 5.12. The molecule has 50 valence electrons. The highest BCUT2D eigenvalue weighted by molar-refractivity contribution is 8.53. The summed E-state index contributed by atoms with van der Waals surface area (Å²) in [6, 6.07) is 0. The van der Waals surface area contributed by atoms with E-state index in [0.717, 1.165) is 6.16 Å². The molecule has 0 N–H and O–H groups in total. The molecule has 0 amide bonds. The fraction of sp³-hybridized carbons (Fsp3) is 1.00.